The highest BCUT2D eigenvalue weighted by Crippen LogP contribution is 2.11. The van der Waals surface area contributed by atoms with Crippen LogP contribution in [0.2, 0.25) is 0 Å². The summed E-state index contributed by atoms with van der Waals surface area (Å²) in [5.41, 5.74) is 13.3. The third kappa shape index (κ3) is 2.06. The number of benzene rings is 1. The fraction of sp³-hybridized carbons (Fsp3) is 0.400. The molecule has 2 rings (SSSR count). The van der Waals surface area contributed by atoms with Gasteiger partial charge in [-0.25, -0.2) is 5.43 Å². The van der Waals surface area contributed by atoms with Crippen molar-refractivity contribution in [2.45, 2.75) is 12.6 Å². The van der Waals surface area contributed by atoms with Gasteiger partial charge in [0.2, 0.25) is 0 Å². The minimum atomic E-state index is 0.0835. The van der Waals surface area contributed by atoms with Gasteiger partial charge in [-0.1, -0.05) is 30.3 Å². The van der Waals surface area contributed by atoms with Crippen molar-refractivity contribution < 1.29 is 0 Å². The molecular weight excluding hydrogens is 162 g/mol. The van der Waals surface area contributed by atoms with Crippen LogP contribution in [0.15, 0.2) is 30.3 Å². The average molecular weight is 177 g/mol. The van der Waals surface area contributed by atoms with Crippen molar-refractivity contribution in [1.82, 2.24) is 10.9 Å². The van der Waals surface area contributed by atoms with E-state index in [1.165, 1.54) is 5.56 Å². The Labute approximate surface area is 78.3 Å². The monoisotopic (exact) mass is 177 g/mol. The lowest BCUT2D eigenvalue weighted by molar-refractivity contribution is 0.469. The molecule has 2 unspecified atom stereocenters. The van der Waals surface area contributed by atoms with Crippen LogP contribution in [-0.2, 0) is 6.42 Å². The van der Waals surface area contributed by atoms with Crippen LogP contribution in [0.5, 0.6) is 0 Å². The summed E-state index contributed by atoms with van der Waals surface area (Å²) in [7, 11) is 0. The van der Waals surface area contributed by atoms with E-state index in [0.29, 0.717) is 5.92 Å². The van der Waals surface area contributed by atoms with Gasteiger partial charge in [-0.2, -0.15) is 0 Å². The van der Waals surface area contributed by atoms with Crippen molar-refractivity contribution >= 4 is 0 Å². The average Bonchev–Trinajstić information content (AvgIpc) is 2.54. The highest BCUT2D eigenvalue weighted by molar-refractivity contribution is 5.15. The largest absolute Gasteiger partial charge is 0.315 e. The van der Waals surface area contributed by atoms with E-state index in [0.717, 1.165) is 13.0 Å². The van der Waals surface area contributed by atoms with Crippen LogP contribution in [-0.4, -0.2) is 12.7 Å². The molecule has 3 heteroatoms. The van der Waals surface area contributed by atoms with Gasteiger partial charge in [-0.3, -0.25) is 5.43 Å². The SMILES string of the molecule is NC1NNCC1Cc1ccccc1. The maximum absolute atomic E-state index is 5.85. The Bertz CT molecular complexity index is 260. The molecule has 4 N–H and O–H groups in total. The second-order valence-electron chi connectivity index (χ2n) is 3.50. The fourth-order valence-corrected chi connectivity index (χ4v) is 1.67. The van der Waals surface area contributed by atoms with E-state index in [1.807, 2.05) is 6.07 Å². The Morgan fingerprint density at radius 1 is 1.31 bits per heavy atom. The van der Waals surface area contributed by atoms with E-state index in [-0.39, 0.29) is 6.17 Å². The minimum absolute atomic E-state index is 0.0835. The Hall–Kier alpha value is -0.900. The number of hydrazine groups is 1. The summed E-state index contributed by atoms with van der Waals surface area (Å²) >= 11 is 0. The summed E-state index contributed by atoms with van der Waals surface area (Å²) in [5.74, 6) is 0.502. The molecule has 2 atom stereocenters. The van der Waals surface area contributed by atoms with Crippen LogP contribution in [0.4, 0.5) is 0 Å². The van der Waals surface area contributed by atoms with Gasteiger partial charge in [-0.05, 0) is 12.0 Å². The molecule has 0 spiro atoms. The first kappa shape index (κ1) is 8.69. The van der Waals surface area contributed by atoms with Gasteiger partial charge >= 0.3 is 0 Å². The molecule has 1 heterocycles. The lowest BCUT2D eigenvalue weighted by atomic mass is 9.98. The highest BCUT2D eigenvalue weighted by atomic mass is 15.4. The van der Waals surface area contributed by atoms with Crippen molar-refractivity contribution in [2.24, 2.45) is 11.7 Å². The molecule has 1 saturated heterocycles. The topological polar surface area (TPSA) is 50.1 Å². The molecule has 3 nitrogen and oxygen atoms in total. The molecule has 1 aliphatic heterocycles. The predicted octanol–water partition coefficient (Wildman–Crippen LogP) is 0.238. The summed E-state index contributed by atoms with van der Waals surface area (Å²) in [4.78, 5) is 0. The van der Waals surface area contributed by atoms with E-state index in [9.17, 15) is 0 Å². The lowest BCUT2D eigenvalue weighted by Gasteiger charge is -2.12. The van der Waals surface area contributed by atoms with Crippen LogP contribution in [0.3, 0.4) is 0 Å². The van der Waals surface area contributed by atoms with Gasteiger partial charge in [0, 0.05) is 12.5 Å². The first-order chi connectivity index (χ1) is 6.36. The molecule has 0 aromatic heterocycles. The van der Waals surface area contributed by atoms with Crippen molar-refractivity contribution in [3.05, 3.63) is 35.9 Å². The van der Waals surface area contributed by atoms with Crippen LogP contribution in [0.1, 0.15) is 5.56 Å². The zero-order chi connectivity index (χ0) is 9.10. The molecule has 0 bridgehead atoms. The Kier molecular flexibility index (Phi) is 2.59. The van der Waals surface area contributed by atoms with E-state index in [4.69, 9.17) is 5.73 Å². The maximum Gasteiger partial charge on any atom is 0.0723 e. The van der Waals surface area contributed by atoms with Crippen LogP contribution >= 0.6 is 0 Å². The summed E-state index contributed by atoms with van der Waals surface area (Å²) in [6.45, 7) is 0.954. The first-order valence-corrected chi connectivity index (χ1v) is 4.64. The molecule has 1 fully saturated rings. The second-order valence-corrected chi connectivity index (χ2v) is 3.50. The second kappa shape index (κ2) is 3.87. The van der Waals surface area contributed by atoms with Crippen molar-refractivity contribution in [3.8, 4) is 0 Å². The van der Waals surface area contributed by atoms with Crippen molar-refractivity contribution in [3.63, 3.8) is 0 Å². The Morgan fingerprint density at radius 2 is 2.08 bits per heavy atom. The number of hydrogen-bond donors (Lipinski definition) is 3. The summed E-state index contributed by atoms with van der Waals surface area (Å²) in [5, 5.41) is 0. The molecule has 1 aromatic carbocycles. The molecular formula is C10H15N3. The van der Waals surface area contributed by atoms with Gasteiger partial charge in [0.05, 0.1) is 6.17 Å². The fourth-order valence-electron chi connectivity index (χ4n) is 1.67. The normalized spacial score (nSPS) is 27.8. The molecule has 0 amide bonds. The van der Waals surface area contributed by atoms with Gasteiger partial charge in [0.15, 0.2) is 0 Å². The Morgan fingerprint density at radius 3 is 2.69 bits per heavy atom. The quantitative estimate of drug-likeness (QED) is 0.606. The lowest BCUT2D eigenvalue weighted by Crippen LogP contribution is -2.39. The predicted molar refractivity (Wildman–Crippen MR) is 52.7 cm³/mol. The molecule has 13 heavy (non-hydrogen) atoms. The van der Waals surface area contributed by atoms with E-state index >= 15 is 0 Å². The van der Waals surface area contributed by atoms with Crippen LogP contribution in [0, 0.1) is 5.92 Å². The zero-order valence-corrected chi connectivity index (χ0v) is 7.53. The molecule has 0 radical (unpaired) electrons. The van der Waals surface area contributed by atoms with Crippen molar-refractivity contribution in [1.29, 1.82) is 0 Å². The summed E-state index contributed by atoms with van der Waals surface area (Å²) in [6, 6.07) is 10.5. The first-order valence-electron chi connectivity index (χ1n) is 4.64. The van der Waals surface area contributed by atoms with Gasteiger partial charge < -0.3 is 5.73 Å². The third-order valence-electron chi connectivity index (χ3n) is 2.48. The summed E-state index contributed by atoms with van der Waals surface area (Å²) < 4.78 is 0. The van der Waals surface area contributed by atoms with E-state index in [2.05, 4.69) is 35.1 Å². The molecule has 70 valence electrons. The molecule has 1 aliphatic rings. The van der Waals surface area contributed by atoms with Crippen molar-refractivity contribution in [2.75, 3.05) is 6.54 Å². The van der Waals surface area contributed by atoms with Gasteiger partial charge in [0.25, 0.3) is 0 Å². The zero-order valence-electron chi connectivity index (χ0n) is 7.53. The number of nitrogens with one attached hydrogen (secondary N) is 2. The smallest absolute Gasteiger partial charge is 0.0723 e. The van der Waals surface area contributed by atoms with E-state index in [1.54, 1.807) is 0 Å². The molecule has 0 aliphatic carbocycles. The maximum atomic E-state index is 5.85. The highest BCUT2D eigenvalue weighted by Gasteiger charge is 2.22. The molecule has 0 saturated carbocycles. The van der Waals surface area contributed by atoms with Crippen LogP contribution in [0.25, 0.3) is 0 Å². The van der Waals surface area contributed by atoms with E-state index < -0.39 is 0 Å². The Balaban J connectivity index is 1.98. The number of nitrogens with two attached hydrogens (primary N) is 1. The standard InChI is InChI=1S/C10H15N3/c11-10-9(7-12-13-10)6-8-4-2-1-3-5-8/h1-5,9-10,12-13H,6-7,11H2. The van der Waals surface area contributed by atoms with Crippen LogP contribution < -0.4 is 16.6 Å². The number of hydrogen-bond acceptors (Lipinski definition) is 3. The summed E-state index contributed by atoms with van der Waals surface area (Å²) in [6.07, 6.45) is 1.13. The molecule has 1 aromatic rings. The minimum Gasteiger partial charge on any atom is -0.315 e. The third-order valence-corrected chi connectivity index (χ3v) is 2.48. The van der Waals surface area contributed by atoms with Gasteiger partial charge in [0.1, 0.15) is 0 Å². The van der Waals surface area contributed by atoms with Gasteiger partial charge in [-0.15, -0.1) is 0 Å². The number of rotatable bonds is 2.